The van der Waals surface area contributed by atoms with Crippen molar-refractivity contribution < 1.29 is 0 Å². The van der Waals surface area contributed by atoms with Crippen LogP contribution in [-0.2, 0) is 16.2 Å². The zero-order valence-corrected chi connectivity index (χ0v) is 55.9. The van der Waals surface area contributed by atoms with Crippen molar-refractivity contribution in [2.75, 3.05) is 9.80 Å². The highest BCUT2D eigenvalue weighted by Gasteiger charge is 2.46. The van der Waals surface area contributed by atoms with E-state index in [1.54, 1.807) is 0 Å². The number of aromatic nitrogens is 3. The summed E-state index contributed by atoms with van der Waals surface area (Å²) in [4.78, 5) is 5.35. The average molecular weight is 1240 g/mol. The number of benzene rings is 13. The Morgan fingerprint density at radius 2 is 0.656 bits per heavy atom. The highest BCUT2D eigenvalue weighted by atomic mass is 15.2. The van der Waals surface area contributed by atoms with Gasteiger partial charge in [0.25, 0.3) is 6.71 Å². The lowest BCUT2D eigenvalue weighted by atomic mass is 9.33. The lowest BCUT2D eigenvalue weighted by Crippen LogP contribution is -2.61. The van der Waals surface area contributed by atoms with E-state index in [0.717, 1.165) is 39.8 Å². The maximum absolute atomic E-state index is 2.68. The first-order valence-electron chi connectivity index (χ1n) is 34.0. The van der Waals surface area contributed by atoms with Crippen LogP contribution in [0.15, 0.2) is 285 Å². The number of nitrogens with zero attached hydrogens (tertiary/aromatic N) is 5. The second-order valence-corrected chi connectivity index (χ2v) is 29.7. The van der Waals surface area contributed by atoms with Gasteiger partial charge in [0, 0.05) is 83.3 Å². The first-order valence-corrected chi connectivity index (χ1v) is 34.0. The van der Waals surface area contributed by atoms with Crippen molar-refractivity contribution >= 4 is 123 Å². The molecule has 2 aliphatic rings. The second kappa shape index (κ2) is 21.2. The number of fused-ring (bicyclic) bond motifs is 14. The Kier molecular flexibility index (Phi) is 12.7. The van der Waals surface area contributed by atoms with E-state index in [1.807, 2.05) is 0 Å². The number of hydrogen-bond donors (Lipinski definition) is 0. The average Bonchev–Trinajstić information content (AvgIpc) is 0.827. The van der Waals surface area contributed by atoms with Gasteiger partial charge in [0.05, 0.1) is 44.5 Å². The molecule has 0 saturated carbocycles. The number of para-hydroxylation sites is 5. The monoisotopic (exact) mass is 1240 g/mol. The van der Waals surface area contributed by atoms with Crippen LogP contribution in [0.3, 0.4) is 0 Å². The molecule has 3 aromatic heterocycles. The molecule has 18 rings (SSSR count). The molecule has 6 heteroatoms. The summed E-state index contributed by atoms with van der Waals surface area (Å²) >= 11 is 0. The summed E-state index contributed by atoms with van der Waals surface area (Å²) in [6.07, 6.45) is 0. The molecule has 0 unspecified atom stereocenters. The van der Waals surface area contributed by atoms with Gasteiger partial charge in [0.2, 0.25) is 0 Å². The predicted octanol–water partition coefficient (Wildman–Crippen LogP) is 22.3. The Morgan fingerprint density at radius 3 is 1.14 bits per heavy atom. The molecule has 2 aliphatic heterocycles. The molecule has 0 radical (unpaired) electrons. The van der Waals surface area contributed by atoms with Gasteiger partial charge in [-0.3, -0.25) is 0 Å². The van der Waals surface area contributed by atoms with Gasteiger partial charge >= 0.3 is 0 Å². The van der Waals surface area contributed by atoms with E-state index in [0.29, 0.717) is 0 Å². The van der Waals surface area contributed by atoms with E-state index < -0.39 is 0 Å². The van der Waals surface area contributed by atoms with E-state index in [1.165, 1.54) is 132 Å². The number of rotatable bonds is 7. The van der Waals surface area contributed by atoms with Crippen LogP contribution in [-0.4, -0.2) is 20.4 Å². The van der Waals surface area contributed by atoms with Crippen LogP contribution < -0.4 is 26.2 Å². The van der Waals surface area contributed by atoms with Crippen LogP contribution in [0.5, 0.6) is 0 Å². The number of anilines is 6. The summed E-state index contributed by atoms with van der Waals surface area (Å²) in [6.45, 7) is 21.0. The van der Waals surface area contributed by atoms with Crippen molar-refractivity contribution in [3.63, 3.8) is 0 Å². The van der Waals surface area contributed by atoms with Crippen LogP contribution in [0.1, 0.15) is 79.0 Å². The van der Waals surface area contributed by atoms with E-state index in [2.05, 4.69) is 371 Å². The highest BCUT2D eigenvalue weighted by molar-refractivity contribution is 7.00. The van der Waals surface area contributed by atoms with E-state index in [9.17, 15) is 0 Å². The molecule has 0 atom stereocenters. The molecular formula is C90H74BN5. The molecule has 16 aromatic rings. The molecule has 0 amide bonds. The van der Waals surface area contributed by atoms with E-state index in [-0.39, 0.29) is 23.0 Å². The Hall–Kier alpha value is -11.1. The molecular weight excluding hydrogens is 1160 g/mol. The molecule has 5 nitrogen and oxygen atoms in total. The van der Waals surface area contributed by atoms with Gasteiger partial charge in [-0.25, -0.2) is 0 Å². The largest absolute Gasteiger partial charge is 0.311 e. The molecule has 13 aromatic carbocycles. The second-order valence-electron chi connectivity index (χ2n) is 29.7. The Morgan fingerprint density at radius 1 is 0.260 bits per heavy atom. The van der Waals surface area contributed by atoms with Gasteiger partial charge < -0.3 is 23.5 Å². The van der Waals surface area contributed by atoms with Crippen LogP contribution in [0.25, 0.3) is 105 Å². The van der Waals surface area contributed by atoms with Gasteiger partial charge in [-0.1, -0.05) is 244 Å². The van der Waals surface area contributed by atoms with Crippen molar-refractivity contribution in [2.24, 2.45) is 0 Å². The maximum atomic E-state index is 2.68. The van der Waals surface area contributed by atoms with Crippen LogP contribution in [0.2, 0.25) is 0 Å². The van der Waals surface area contributed by atoms with Crippen LogP contribution in [0.4, 0.5) is 34.1 Å². The van der Waals surface area contributed by atoms with Crippen LogP contribution in [0, 0.1) is 0 Å². The predicted molar refractivity (Wildman–Crippen MR) is 410 cm³/mol. The Labute approximate surface area is 562 Å². The fourth-order valence-electron chi connectivity index (χ4n) is 16.1. The normalized spacial score (nSPS) is 13.2. The molecule has 0 aliphatic carbocycles. The lowest BCUT2D eigenvalue weighted by molar-refractivity contribution is 0.590. The molecule has 0 fully saturated rings. The van der Waals surface area contributed by atoms with Crippen LogP contribution >= 0.6 is 0 Å². The van der Waals surface area contributed by atoms with E-state index in [4.69, 9.17) is 0 Å². The zero-order valence-electron chi connectivity index (χ0n) is 55.9. The Balaban J connectivity index is 0.987. The van der Waals surface area contributed by atoms with Gasteiger partial charge in [-0.15, -0.1) is 0 Å². The van der Waals surface area contributed by atoms with Gasteiger partial charge in [0.15, 0.2) is 0 Å². The SMILES string of the molecule is CC(C)(C)c1ccc(N2c3cc(-n4c5ccccc5c5ccccc54)ccc3B3c4ccc(-n5c6ccccc6c6ccc7c(c8ccccc8n7-c7ccccc7)c65)cc4N(c4ccc(C(C)(C)C)cc4-c4ccccc4)c4cc(C(C)(C)C)cc2c43)c(-c2ccccc2)c1. The van der Waals surface area contributed by atoms with Crippen molar-refractivity contribution in [2.45, 2.75) is 78.6 Å². The first kappa shape index (κ1) is 57.6. The van der Waals surface area contributed by atoms with Gasteiger partial charge in [-0.2, -0.15) is 0 Å². The summed E-state index contributed by atoms with van der Waals surface area (Å²) in [7, 11) is 0. The summed E-state index contributed by atoms with van der Waals surface area (Å²) in [5.74, 6) is 0. The standard InChI is InChI=1S/C90H74BN5/c1-88(2,3)59-41-48-78(70(51-59)57-27-13-10-14-28-57)95-81-55-63(93-74-37-23-19-33-65(74)66-34-20-24-38-75(66)93)43-46-72(81)91-73-47-44-64(94-76-39-25-21-35-67(76)68-45-50-80-85(87(68)94)69-36-22-26-40-77(69)92(80)62-31-17-12-18-32-62)56-82(73)96(84-54-61(90(7,8)9)53-83(95)86(84)91)79-49-42-60(89(4,5)6)52-71(79)58-29-15-11-16-30-58/h10-56H,1-9H3. The summed E-state index contributed by atoms with van der Waals surface area (Å²) in [6, 6.07) is 108. The van der Waals surface area contributed by atoms with Crippen molar-refractivity contribution in [1.82, 2.24) is 13.7 Å². The molecule has 96 heavy (non-hydrogen) atoms. The molecule has 0 saturated heterocycles. The number of hydrogen-bond acceptors (Lipinski definition) is 2. The fraction of sp³-hybridized carbons (Fsp3) is 0.133. The summed E-state index contributed by atoms with van der Waals surface area (Å²) in [5, 5.41) is 7.39. The minimum absolute atomic E-state index is 0.101. The third-order valence-electron chi connectivity index (χ3n) is 20.9. The first-order chi connectivity index (χ1) is 46.6. The molecule has 0 N–H and O–H groups in total. The third kappa shape index (κ3) is 8.77. The highest BCUT2D eigenvalue weighted by Crippen LogP contribution is 2.52. The quantitative estimate of drug-likeness (QED) is 0.148. The third-order valence-corrected chi connectivity index (χ3v) is 20.9. The van der Waals surface area contributed by atoms with Crippen molar-refractivity contribution in [3.05, 3.63) is 302 Å². The zero-order chi connectivity index (χ0) is 65.1. The lowest BCUT2D eigenvalue weighted by Gasteiger charge is -2.46. The van der Waals surface area contributed by atoms with Gasteiger partial charge in [0.1, 0.15) is 0 Å². The summed E-state index contributed by atoms with van der Waals surface area (Å²) < 4.78 is 7.53. The molecule has 5 heterocycles. The van der Waals surface area contributed by atoms with Crippen molar-refractivity contribution in [3.8, 4) is 39.3 Å². The topological polar surface area (TPSA) is 21.3 Å². The van der Waals surface area contributed by atoms with Gasteiger partial charge in [-0.05, 0) is 164 Å². The maximum Gasteiger partial charge on any atom is 0.252 e. The van der Waals surface area contributed by atoms with E-state index >= 15 is 0 Å². The minimum atomic E-state index is -0.268. The fourth-order valence-corrected chi connectivity index (χ4v) is 16.1. The Bertz CT molecular complexity index is 5790. The molecule has 0 spiro atoms. The minimum Gasteiger partial charge on any atom is -0.311 e. The van der Waals surface area contributed by atoms with Crippen molar-refractivity contribution in [1.29, 1.82) is 0 Å². The summed E-state index contributed by atoms with van der Waals surface area (Å²) in [5.41, 5.74) is 29.3. The molecule has 0 bridgehead atoms. The molecule has 462 valence electrons. The smallest absolute Gasteiger partial charge is 0.252 e.